The van der Waals surface area contributed by atoms with Crippen LogP contribution in [-0.2, 0) is 16.6 Å². The number of carbonyl (C=O) groups excluding carboxylic acids is 1. The molecule has 21 heavy (non-hydrogen) atoms. The van der Waals surface area contributed by atoms with Gasteiger partial charge in [-0.2, -0.15) is 0 Å². The van der Waals surface area contributed by atoms with E-state index in [9.17, 15) is 18.3 Å². The zero-order valence-corrected chi connectivity index (χ0v) is 14.3. The molecular weight excluding hydrogens is 427 g/mol. The number of hydrogen-bond donors (Lipinski definition) is 3. The zero-order chi connectivity index (χ0) is 15.6. The molecule has 0 radical (unpaired) electrons. The van der Waals surface area contributed by atoms with Crippen LogP contribution in [0.4, 0.5) is 0 Å². The van der Waals surface area contributed by atoms with E-state index in [1.807, 2.05) is 22.6 Å². The molecule has 1 aromatic carbocycles. The minimum Gasteiger partial charge on any atom is -0.507 e. The van der Waals surface area contributed by atoms with Crippen molar-refractivity contribution in [3.8, 4) is 5.75 Å². The van der Waals surface area contributed by atoms with Crippen LogP contribution in [0.5, 0.6) is 5.75 Å². The molecule has 0 saturated carbocycles. The number of halogens is 1. The largest absolute Gasteiger partial charge is 0.507 e. The first-order valence-corrected chi connectivity index (χ1v) is 9.10. The molecule has 0 fully saturated rings. The summed E-state index contributed by atoms with van der Waals surface area (Å²) in [6, 6.07) is 7.67. The second kappa shape index (κ2) is 6.30. The second-order valence-corrected chi connectivity index (χ2v) is 8.31. The van der Waals surface area contributed by atoms with Crippen molar-refractivity contribution in [2.75, 3.05) is 0 Å². The van der Waals surface area contributed by atoms with Crippen molar-refractivity contribution in [2.24, 2.45) is 5.14 Å². The van der Waals surface area contributed by atoms with Crippen LogP contribution in [0, 0.1) is 3.57 Å². The highest BCUT2D eigenvalue weighted by Gasteiger charge is 2.14. The van der Waals surface area contributed by atoms with Crippen LogP contribution in [0.2, 0.25) is 0 Å². The molecule has 0 unspecified atom stereocenters. The zero-order valence-electron chi connectivity index (χ0n) is 10.5. The van der Waals surface area contributed by atoms with Crippen LogP contribution in [-0.4, -0.2) is 19.4 Å². The minimum absolute atomic E-state index is 0.0452. The summed E-state index contributed by atoms with van der Waals surface area (Å²) in [4.78, 5) is 12.6. The van der Waals surface area contributed by atoms with E-state index in [1.165, 1.54) is 12.1 Å². The van der Waals surface area contributed by atoms with Gasteiger partial charge >= 0.3 is 0 Å². The van der Waals surface area contributed by atoms with E-state index in [2.05, 4.69) is 5.32 Å². The fraction of sp³-hybridized carbons (Fsp3) is 0.0833. The number of benzene rings is 1. The summed E-state index contributed by atoms with van der Waals surface area (Å²) in [6.07, 6.45) is 0. The Morgan fingerprint density at radius 1 is 1.33 bits per heavy atom. The van der Waals surface area contributed by atoms with Gasteiger partial charge < -0.3 is 10.4 Å². The average Bonchev–Trinajstić information content (AvgIpc) is 2.87. The van der Waals surface area contributed by atoms with Crippen LogP contribution in [0.25, 0.3) is 0 Å². The fourth-order valence-electron chi connectivity index (χ4n) is 1.56. The van der Waals surface area contributed by atoms with Gasteiger partial charge in [-0.3, -0.25) is 4.79 Å². The number of hydrogen-bond acceptors (Lipinski definition) is 5. The predicted molar refractivity (Wildman–Crippen MR) is 87.7 cm³/mol. The van der Waals surface area contributed by atoms with E-state index in [1.54, 1.807) is 18.2 Å². The number of primary sulfonamides is 1. The normalized spacial score (nSPS) is 11.3. The van der Waals surface area contributed by atoms with E-state index < -0.39 is 15.9 Å². The molecule has 2 aromatic rings. The summed E-state index contributed by atoms with van der Waals surface area (Å²) in [5.74, 6) is -0.541. The number of nitrogens with one attached hydrogen (secondary N) is 1. The van der Waals surface area contributed by atoms with Gasteiger partial charge in [0.15, 0.2) is 0 Å². The van der Waals surface area contributed by atoms with Crippen LogP contribution >= 0.6 is 33.9 Å². The second-order valence-electron chi connectivity index (χ2n) is 4.11. The van der Waals surface area contributed by atoms with Gasteiger partial charge in [0.2, 0.25) is 10.0 Å². The van der Waals surface area contributed by atoms with E-state index >= 15 is 0 Å². The number of thiophene rings is 1. The van der Waals surface area contributed by atoms with Gasteiger partial charge in [-0.15, -0.1) is 11.3 Å². The highest BCUT2D eigenvalue weighted by atomic mass is 127. The Kier molecular flexibility index (Phi) is 4.86. The number of aromatic hydroxyl groups is 1. The number of sulfonamides is 1. The van der Waals surface area contributed by atoms with Crippen molar-refractivity contribution >= 4 is 49.9 Å². The van der Waals surface area contributed by atoms with Crippen molar-refractivity contribution < 1.29 is 18.3 Å². The third-order valence-corrected chi connectivity index (χ3v) is 5.74. The van der Waals surface area contributed by atoms with E-state index in [4.69, 9.17) is 5.14 Å². The highest BCUT2D eigenvalue weighted by molar-refractivity contribution is 14.1. The first-order valence-electron chi connectivity index (χ1n) is 5.65. The Morgan fingerprint density at radius 3 is 2.67 bits per heavy atom. The smallest absolute Gasteiger partial charge is 0.255 e. The molecule has 0 aliphatic carbocycles. The van der Waals surface area contributed by atoms with Crippen molar-refractivity contribution in [1.29, 1.82) is 0 Å². The molecule has 0 spiro atoms. The number of nitrogens with two attached hydrogens (primary N) is 1. The monoisotopic (exact) mass is 438 g/mol. The van der Waals surface area contributed by atoms with Crippen LogP contribution in [0.3, 0.4) is 0 Å². The maximum atomic E-state index is 12.0. The number of phenols is 1. The molecule has 0 saturated heterocycles. The van der Waals surface area contributed by atoms with Crippen molar-refractivity contribution in [3.05, 3.63) is 44.3 Å². The molecule has 0 atom stereocenters. The Labute approximate surface area is 139 Å². The fourth-order valence-corrected chi connectivity index (χ4v) is 3.77. The quantitative estimate of drug-likeness (QED) is 0.631. The van der Waals surface area contributed by atoms with Gasteiger partial charge in [-0.1, -0.05) is 0 Å². The van der Waals surface area contributed by atoms with E-state index in [0.29, 0.717) is 4.88 Å². The summed E-state index contributed by atoms with van der Waals surface area (Å²) >= 11 is 3.03. The molecular formula is C12H11IN2O4S2. The summed E-state index contributed by atoms with van der Waals surface area (Å²) < 4.78 is 23.2. The van der Waals surface area contributed by atoms with Gasteiger partial charge in [0.1, 0.15) is 9.96 Å². The Balaban J connectivity index is 2.08. The molecule has 1 aromatic heterocycles. The molecule has 9 heteroatoms. The number of amides is 1. The van der Waals surface area contributed by atoms with Gasteiger partial charge in [-0.05, 0) is 52.9 Å². The summed E-state index contributed by atoms with van der Waals surface area (Å²) in [5, 5.41) is 17.3. The molecule has 1 amide bonds. The Hall–Kier alpha value is -1.17. The summed E-state index contributed by atoms with van der Waals surface area (Å²) in [6.45, 7) is 0.157. The van der Waals surface area contributed by atoms with Gasteiger partial charge in [0.25, 0.3) is 5.91 Å². The Bertz CT molecular complexity index is 786. The van der Waals surface area contributed by atoms with Crippen LogP contribution < -0.4 is 10.5 Å². The molecule has 0 bridgehead atoms. The van der Waals surface area contributed by atoms with Crippen molar-refractivity contribution in [1.82, 2.24) is 5.32 Å². The number of rotatable bonds is 4. The first kappa shape index (κ1) is 16.2. The molecule has 0 aliphatic rings. The Morgan fingerprint density at radius 2 is 2.05 bits per heavy atom. The van der Waals surface area contributed by atoms with Crippen molar-refractivity contribution in [2.45, 2.75) is 10.8 Å². The van der Waals surface area contributed by atoms with Gasteiger partial charge in [0, 0.05) is 8.45 Å². The average molecular weight is 438 g/mol. The summed E-state index contributed by atoms with van der Waals surface area (Å²) in [5.41, 5.74) is 0.171. The first-order chi connectivity index (χ1) is 9.77. The lowest BCUT2D eigenvalue weighted by Crippen LogP contribution is -2.22. The lowest BCUT2D eigenvalue weighted by Gasteiger charge is -2.06. The van der Waals surface area contributed by atoms with E-state index in [-0.39, 0.29) is 22.1 Å². The van der Waals surface area contributed by atoms with Crippen LogP contribution in [0.1, 0.15) is 15.2 Å². The van der Waals surface area contributed by atoms with Crippen molar-refractivity contribution in [3.63, 3.8) is 0 Å². The third kappa shape index (κ3) is 4.15. The standard InChI is InChI=1S/C12H11IN2O4S2/c13-7-1-3-10(16)9(5-7)12(17)15-6-8-2-4-11(20-8)21(14,18)19/h1-5,16H,6H2,(H,15,17)(H2,14,18,19). The lowest BCUT2D eigenvalue weighted by atomic mass is 10.2. The minimum atomic E-state index is -3.72. The maximum Gasteiger partial charge on any atom is 0.255 e. The molecule has 1 heterocycles. The lowest BCUT2D eigenvalue weighted by molar-refractivity contribution is 0.0948. The SMILES string of the molecule is NS(=O)(=O)c1ccc(CNC(=O)c2cc(I)ccc2O)s1. The topological polar surface area (TPSA) is 109 Å². The highest BCUT2D eigenvalue weighted by Crippen LogP contribution is 2.22. The third-order valence-electron chi connectivity index (χ3n) is 2.54. The van der Waals surface area contributed by atoms with Crippen LogP contribution in [0.15, 0.2) is 34.5 Å². The molecule has 112 valence electrons. The molecule has 2 rings (SSSR count). The number of carbonyl (C=O) groups is 1. The van der Waals surface area contributed by atoms with Gasteiger partial charge in [-0.25, -0.2) is 13.6 Å². The van der Waals surface area contributed by atoms with Gasteiger partial charge in [0.05, 0.1) is 12.1 Å². The number of phenolic OH excluding ortho intramolecular Hbond substituents is 1. The molecule has 4 N–H and O–H groups in total. The predicted octanol–water partition coefficient (Wildman–Crippen LogP) is 1.64. The van der Waals surface area contributed by atoms with E-state index in [0.717, 1.165) is 14.9 Å². The molecule has 6 nitrogen and oxygen atoms in total. The maximum absolute atomic E-state index is 12.0. The molecule has 0 aliphatic heterocycles. The summed E-state index contributed by atoms with van der Waals surface area (Å²) in [7, 11) is -3.72.